The minimum Gasteiger partial charge on any atom is -0.423 e. The molecular weight excluding hydrogens is 235 g/mol. The largest absolute Gasteiger partial charge is 0.489 e. The first kappa shape index (κ1) is 13.8. The van der Waals surface area contributed by atoms with Gasteiger partial charge in [0.1, 0.15) is 0 Å². The Hall–Kier alpha value is -1.58. The first-order chi connectivity index (χ1) is 9.19. The van der Waals surface area contributed by atoms with Crippen molar-refractivity contribution in [2.45, 2.75) is 26.7 Å². The highest BCUT2D eigenvalue weighted by Gasteiger charge is 2.20. The van der Waals surface area contributed by atoms with Crippen molar-refractivity contribution in [1.29, 1.82) is 0 Å². The SMILES string of the molecule is CCc1ccccc1-c1c(CC)cccc1B(O)O. The number of benzene rings is 2. The molecule has 3 heteroatoms. The van der Waals surface area contributed by atoms with E-state index in [0.717, 1.165) is 29.5 Å². The third kappa shape index (κ3) is 2.72. The maximum atomic E-state index is 9.60. The highest BCUT2D eigenvalue weighted by atomic mass is 16.4. The van der Waals surface area contributed by atoms with E-state index in [0.29, 0.717) is 5.46 Å². The average Bonchev–Trinajstić information content (AvgIpc) is 2.46. The van der Waals surface area contributed by atoms with Gasteiger partial charge in [-0.25, -0.2) is 0 Å². The first-order valence-corrected chi connectivity index (χ1v) is 6.75. The quantitative estimate of drug-likeness (QED) is 0.821. The summed E-state index contributed by atoms with van der Waals surface area (Å²) in [4.78, 5) is 0. The molecule has 2 aromatic rings. The standard InChI is InChI=1S/C16H19BO2/c1-3-12-8-5-6-10-14(12)16-13(4-2)9-7-11-15(16)17(18)19/h5-11,18-19H,3-4H2,1-2H3. The van der Waals surface area contributed by atoms with Crippen molar-refractivity contribution >= 4 is 12.6 Å². The van der Waals surface area contributed by atoms with Crippen LogP contribution in [0.25, 0.3) is 11.1 Å². The second-order valence-electron chi connectivity index (χ2n) is 4.62. The minimum atomic E-state index is -1.44. The Balaban J connectivity index is 2.72. The Morgan fingerprint density at radius 2 is 1.47 bits per heavy atom. The molecule has 0 unspecified atom stereocenters. The predicted octanol–water partition coefficient (Wildman–Crippen LogP) is 2.16. The summed E-state index contributed by atoms with van der Waals surface area (Å²) in [6.45, 7) is 4.20. The number of hydrogen-bond donors (Lipinski definition) is 2. The lowest BCUT2D eigenvalue weighted by Gasteiger charge is -2.16. The average molecular weight is 254 g/mol. The fourth-order valence-corrected chi connectivity index (χ4v) is 2.53. The molecule has 2 nitrogen and oxygen atoms in total. The van der Waals surface area contributed by atoms with Gasteiger partial charge in [0.15, 0.2) is 0 Å². The van der Waals surface area contributed by atoms with Crippen molar-refractivity contribution in [3.63, 3.8) is 0 Å². The number of rotatable bonds is 4. The Bertz CT molecular complexity index is 564. The lowest BCUT2D eigenvalue weighted by molar-refractivity contribution is 0.426. The van der Waals surface area contributed by atoms with Crippen molar-refractivity contribution < 1.29 is 10.0 Å². The molecular formula is C16H19BO2. The Morgan fingerprint density at radius 1 is 0.842 bits per heavy atom. The topological polar surface area (TPSA) is 40.5 Å². The van der Waals surface area contributed by atoms with Crippen molar-refractivity contribution in [1.82, 2.24) is 0 Å². The zero-order valence-corrected chi connectivity index (χ0v) is 11.4. The molecule has 0 aromatic heterocycles. The zero-order valence-electron chi connectivity index (χ0n) is 11.4. The Labute approximate surface area is 114 Å². The van der Waals surface area contributed by atoms with E-state index in [-0.39, 0.29) is 0 Å². The molecule has 0 fully saturated rings. The van der Waals surface area contributed by atoms with Gasteiger partial charge in [0.25, 0.3) is 0 Å². The second-order valence-corrected chi connectivity index (χ2v) is 4.62. The van der Waals surface area contributed by atoms with Gasteiger partial charge in [-0.15, -0.1) is 0 Å². The van der Waals surface area contributed by atoms with Crippen molar-refractivity contribution in [3.05, 3.63) is 53.6 Å². The van der Waals surface area contributed by atoms with Crippen LogP contribution < -0.4 is 5.46 Å². The molecule has 0 aliphatic rings. The second kappa shape index (κ2) is 6.05. The van der Waals surface area contributed by atoms with Gasteiger partial charge >= 0.3 is 7.12 Å². The van der Waals surface area contributed by atoms with Gasteiger partial charge in [0.2, 0.25) is 0 Å². The van der Waals surface area contributed by atoms with E-state index >= 15 is 0 Å². The molecule has 0 radical (unpaired) electrons. The molecule has 2 N–H and O–H groups in total. The van der Waals surface area contributed by atoms with Crippen LogP contribution in [0.15, 0.2) is 42.5 Å². The fraction of sp³-hybridized carbons (Fsp3) is 0.250. The third-order valence-electron chi connectivity index (χ3n) is 3.51. The van der Waals surface area contributed by atoms with Gasteiger partial charge in [-0.1, -0.05) is 56.3 Å². The highest BCUT2D eigenvalue weighted by molar-refractivity contribution is 6.60. The summed E-state index contributed by atoms with van der Waals surface area (Å²) < 4.78 is 0. The van der Waals surface area contributed by atoms with Gasteiger partial charge in [-0.3, -0.25) is 0 Å². The van der Waals surface area contributed by atoms with Gasteiger partial charge in [0, 0.05) is 0 Å². The lowest BCUT2D eigenvalue weighted by atomic mass is 9.73. The molecule has 0 aliphatic carbocycles. The van der Waals surface area contributed by atoms with Crippen LogP contribution in [0, 0.1) is 0 Å². The normalized spacial score (nSPS) is 10.5. The molecule has 0 saturated carbocycles. The summed E-state index contributed by atoms with van der Waals surface area (Å²) in [5.41, 5.74) is 5.03. The minimum absolute atomic E-state index is 0.584. The number of hydrogen-bond acceptors (Lipinski definition) is 2. The van der Waals surface area contributed by atoms with Crippen LogP contribution in [-0.4, -0.2) is 17.2 Å². The fourth-order valence-electron chi connectivity index (χ4n) is 2.53. The van der Waals surface area contributed by atoms with E-state index in [9.17, 15) is 10.0 Å². The molecule has 0 bridgehead atoms. The van der Waals surface area contributed by atoms with Gasteiger partial charge in [-0.2, -0.15) is 0 Å². The van der Waals surface area contributed by atoms with Crippen LogP contribution in [0.1, 0.15) is 25.0 Å². The summed E-state index contributed by atoms with van der Waals surface area (Å²) in [5, 5.41) is 19.2. The van der Waals surface area contributed by atoms with Gasteiger partial charge in [-0.05, 0) is 40.6 Å². The third-order valence-corrected chi connectivity index (χ3v) is 3.51. The highest BCUT2D eigenvalue weighted by Crippen LogP contribution is 2.26. The van der Waals surface area contributed by atoms with E-state index in [1.165, 1.54) is 5.56 Å². The summed E-state index contributed by atoms with van der Waals surface area (Å²) in [6.07, 6.45) is 1.79. The monoisotopic (exact) mass is 254 g/mol. The molecule has 98 valence electrons. The van der Waals surface area contributed by atoms with E-state index < -0.39 is 7.12 Å². The van der Waals surface area contributed by atoms with Gasteiger partial charge in [0.05, 0.1) is 0 Å². The maximum Gasteiger partial charge on any atom is 0.489 e. The molecule has 0 saturated heterocycles. The van der Waals surface area contributed by atoms with Crippen LogP contribution in [-0.2, 0) is 12.8 Å². The maximum absolute atomic E-state index is 9.60. The molecule has 0 heterocycles. The molecule has 2 rings (SSSR count). The van der Waals surface area contributed by atoms with Crippen molar-refractivity contribution in [3.8, 4) is 11.1 Å². The van der Waals surface area contributed by atoms with Crippen LogP contribution in [0.2, 0.25) is 0 Å². The smallest absolute Gasteiger partial charge is 0.423 e. The predicted molar refractivity (Wildman–Crippen MR) is 80.5 cm³/mol. The zero-order chi connectivity index (χ0) is 13.8. The van der Waals surface area contributed by atoms with E-state index in [1.54, 1.807) is 6.07 Å². The van der Waals surface area contributed by atoms with E-state index in [2.05, 4.69) is 26.0 Å². The summed E-state index contributed by atoms with van der Waals surface area (Å²) >= 11 is 0. The Morgan fingerprint density at radius 3 is 2.11 bits per heavy atom. The van der Waals surface area contributed by atoms with E-state index in [1.807, 2.05) is 24.3 Å². The Kier molecular flexibility index (Phi) is 4.41. The van der Waals surface area contributed by atoms with Gasteiger partial charge < -0.3 is 10.0 Å². The molecule has 2 aromatic carbocycles. The molecule has 0 amide bonds. The van der Waals surface area contributed by atoms with Crippen LogP contribution in [0.5, 0.6) is 0 Å². The summed E-state index contributed by atoms with van der Waals surface area (Å²) in [5.74, 6) is 0. The molecule has 0 spiro atoms. The summed E-state index contributed by atoms with van der Waals surface area (Å²) in [7, 11) is -1.44. The van der Waals surface area contributed by atoms with Crippen LogP contribution >= 0.6 is 0 Å². The summed E-state index contributed by atoms with van der Waals surface area (Å²) in [6, 6.07) is 13.9. The first-order valence-electron chi connectivity index (χ1n) is 6.75. The van der Waals surface area contributed by atoms with Crippen molar-refractivity contribution in [2.24, 2.45) is 0 Å². The van der Waals surface area contributed by atoms with Crippen molar-refractivity contribution in [2.75, 3.05) is 0 Å². The molecule has 19 heavy (non-hydrogen) atoms. The number of aryl methyl sites for hydroxylation is 2. The molecule has 0 aliphatic heterocycles. The van der Waals surface area contributed by atoms with Crippen LogP contribution in [0.3, 0.4) is 0 Å². The van der Waals surface area contributed by atoms with E-state index in [4.69, 9.17) is 0 Å². The van der Waals surface area contributed by atoms with Crippen LogP contribution in [0.4, 0.5) is 0 Å². The lowest BCUT2D eigenvalue weighted by Crippen LogP contribution is -2.32. The molecule has 0 atom stereocenters.